The normalized spacial score (nSPS) is 17.8. The molecule has 1 aliphatic rings. The molecule has 0 unspecified atom stereocenters. The third-order valence-electron chi connectivity index (χ3n) is 3.58. The Hall–Kier alpha value is -1.79. The smallest absolute Gasteiger partial charge is 0.321 e. The van der Waals surface area contributed by atoms with Gasteiger partial charge in [0.2, 0.25) is 5.91 Å². The number of nitrogens with two attached hydrogens (primary N) is 1. The van der Waals surface area contributed by atoms with E-state index in [1.165, 1.54) is 12.1 Å². The summed E-state index contributed by atoms with van der Waals surface area (Å²) in [4.78, 5) is 24.8. The van der Waals surface area contributed by atoms with Crippen LogP contribution < -0.4 is 11.1 Å². The van der Waals surface area contributed by atoms with Gasteiger partial charge in [0, 0.05) is 25.9 Å². The van der Waals surface area contributed by atoms with Crippen LogP contribution in [0.15, 0.2) is 18.2 Å². The fraction of sp³-hybridized carbons (Fsp3) is 0.467. The number of hydrogen-bond acceptors (Lipinski definition) is 3. The van der Waals surface area contributed by atoms with Crippen molar-refractivity contribution in [2.45, 2.75) is 25.4 Å². The maximum Gasteiger partial charge on any atom is 0.321 e. The van der Waals surface area contributed by atoms with Crippen molar-refractivity contribution < 1.29 is 14.3 Å². The first-order chi connectivity index (χ1) is 10.5. The Labute approximate surface area is 134 Å². The van der Waals surface area contributed by atoms with Gasteiger partial charge >= 0.3 is 6.03 Å². The van der Waals surface area contributed by atoms with Gasteiger partial charge in [0.15, 0.2) is 0 Å². The number of rotatable bonds is 4. The first-order valence-electron chi connectivity index (χ1n) is 7.20. The second kappa shape index (κ2) is 7.47. The molecular weight excluding hydrogens is 306 g/mol. The molecule has 0 aliphatic carbocycles. The second-order valence-corrected chi connectivity index (χ2v) is 5.77. The number of nitrogens with zero attached hydrogens (tertiary/aromatic N) is 1. The molecule has 6 nitrogen and oxygen atoms in total. The number of ether oxygens (including phenoxy) is 1. The largest absolute Gasteiger partial charge is 0.376 e. The lowest BCUT2D eigenvalue weighted by molar-refractivity contribution is 0.00463. The molecule has 22 heavy (non-hydrogen) atoms. The maximum absolute atomic E-state index is 12.1. The van der Waals surface area contributed by atoms with Crippen LogP contribution in [0.1, 0.15) is 29.6 Å². The molecule has 120 valence electrons. The van der Waals surface area contributed by atoms with Crippen molar-refractivity contribution in [3.8, 4) is 0 Å². The Morgan fingerprint density at radius 3 is 2.82 bits per heavy atom. The van der Waals surface area contributed by atoms with Gasteiger partial charge in [-0.3, -0.25) is 4.79 Å². The van der Waals surface area contributed by atoms with Crippen LogP contribution in [0.3, 0.4) is 0 Å². The standard InChI is InChI=1S/C15H20ClN3O3/c1-19(9-11-4-2-3-7-22-11)15(21)18-10-5-6-12(14(17)20)13(16)8-10/h5-6,8,11H,2-4,7,9H2,1H3,(H2,17,20)(H,18,21)/t11-/m0/s1. The predicted molar refractivity (Wildman–Crippen MR) is 85.2 cm³/mol. The van der Waals surface area contributed by atoms with Crippen LogP contribution in [0.2, 0.25) is 5.02 Å². The zero-order chi connectivity index (χ0) is 16.1. The van der Waals surface area contributed by atoms with Crippen LogP contribution in [0.5, 0.6) is 0 Å². The van der Waals surface area contributed by atoms with Gasteiger partial charge in [-0.2, -0.15) is 0 Å². The molecular formula is C15H20ClN3O3. The number of likely N-dealkylation sites (N-methyl/N-ethyl adjacent to an activating group) is 1. The highest BCUT2D eigenvalue weighted by molar-refractivity contribution is 6.34. The number of nitrogens with one attached hydrogen (secondary N) is 1. The topological polar surface area (TPSA) is 84.7 Å². The third kappa shape index (κ3) is 4.35. The van der Waals surface area contributed by atoms with Crippen molar-refractivity contribution in [1.29, 1.82) is 0 Å². The van der Waals surface area contributed by atoms with Crippen molar-refractivity contribution in [3.63, 3.8) is 0 Å². The number of urea groups is 1. The summed E-state index contributed by atoms with van der Waals surface area (Å²) in [6.07, 6.45) is 3.27. The van der Waals surface area contributed by atoms with Crippen LogP contribution >= 0.6 is 11.6 Å². The number of primary amides is 1. The fourth-order valence-electron chi connectivity index (χ4n) is 2.35. The van der Waals surface area contributed by atoms with Crippen LogP contribution in [0.25, 0.3) is 0 Å². The third-order valence-corrected chi connectivity index (χ3v) is 3.90. The van der Waals surface area contributed by atoms with Gasteiger partial charge in [-0.1, -0.05) is 11.6 Å². The highest BCUT2D eigenvalue weighted by Crippen LogP contribution is 2.21. The highest BCUT2D eigenvalue weighted by Gasteiger charge is 2.19. The molecule has 1 atom stereocenters. The van der Waals surface area contributed by atoms with Gasteiger partial charge in [0.25, 0.3) is 0 Å². The Balaban J connectivity index is 1.93. The van der Waals surface area contributed by atoms with E-state index >= 15 is 0 Å². The SMILES string of the molecule is CN(C[C@@H]1CCCCO1)C(=O)Nc1ccc(C(N)=O)c(Cl)c1. The van der Waals surface area contributed by atoms with Gasteiger partial charge in [0.05, 0.1) is 16.7 Å². The van der Waals surface area contributed by atoms with E-state index in [0.29, 0.717) is 12.2 Å². The molecule has 0 spiro atoms. The molecule has 7 heteroatoms. The number of anilines is 1. The van der Waals surface area contributed by atoms with Crippen molar-refractivity contribution in [1.82, 2.24) is 4.90 Å². The summed E-state index contributed by atoms with van der Waals surface area (Å²) in [7, 11) is 1.71. The quantitative estimate of drug-likeness (QED) is 0.891. The summed E-state index contributed by atoms with van der Waals surface area (Å²) in [5.41, 5.74) is 5.92. The lowest BCUT2D eigenvalue weighted by Crippen LogP contribution is -2.39. The van der Waals surface area contributed by atoms with Gasteiger partial charge in [-0.15, -0.1) is 0 Å². The summed E-state index contributed by atoms with van der Waals surface area (Å²) in [6.45, 7) is 1.29. The highest BCUT2D eigenvalue weighted by atomic mass is 35.5. The Bertz CT molecular complexity index is 559. The van der Waals surface area contributed by atoms with Gasteiger partial charge in [-0.05, 0) is 37.5 Å². The van der Waals surface area contributed by atoms with E-state index in [0.717, 1.165) is 25.9 Å². The minimum atomic E-state index is -0.602. The van der Waals surface area contributed by atoms with E-state index in [2.05, 4.69) is 5.32 Å². The summed E-state index contributed by atoms with van der Waals surface area (Å²) in [5, 5.41) is 2.94. The molecule has 1 heterocycles. The van der Waals surface area contributed by atoms with E-state index in [9.17, 15) is 9.59 Å². The minimum Gasteiger partial charge on any atom is -0.376 e. The molecule has 1 saturated heterocycles. The Morgan fingerprint density at radius 1 is 1.45 bits per heavy atom. The van der Waals surface area contributed by atoms with Crippen LogP contribution in [0, 0.1) is 0 Å². The first kappa shape index (κ1) is 16.6. The molecule has 0 bridgehead atoms. The molecule has 3 amide bonds. The lowest BCUT2D eigenvalue weighted by Gasteiger charge is -2.27. The molecule has 3 N–H and O–H groups in total. The van der Waals surface area contributed by atoms with E-state index in [-0.39, 0.29) is 22.7 Å². The van der Waals surface area contributed by atoms with Crippen LogP contribution in [-0.4, -0.2) is 43.1 Å². The van der Waals surface area contributed by atoms with E-state index in [1.807, 2.05) is 0 Å². The molecule has 0 radical (unpaired) electrons. The summed E-state index contributed by atoms with van der Waals surface area (Å²) in [5.74, 6) is -0.602. The van der Waals surface area contributed by atoms with E-state index in [1.54, 1.807) is 18.0 Å². The molecule has 2 rings (SSSR count). The molecule has 1 aliphatic heterocycles. The lowest BCUT2D eigenvalue weighted by atomic mass is 10.1. The first-order valence-corrected chi connectivity index (χ1v) is 7.58. The van der Waals surface area contributed by atoms with Gasteiger partial charge < -0.3 is 20.7 Å². The molecule has 0 aromatic heterocycles. The summed E-state index contributed by atoms with van der Waals surface area (Å²) in [6, 6.07) is 4.33. The van der Waals surface area contributed by atoms with Gasteiger partial charge in [0.1, 0.15) is 0 Å². The number of hydrogen-bond donors (Lipinski definition) is 2. The van der Waals surface area contributed by atoms with Crippen LogP contribution in [-0.2, 0) is 4.74 Å². The average molecular weight is 326 g/mol. The predicted octanol–water partition coefficient (Wildman–Crippen LogP) is 2.47. The van der Waals surface area contributed by atoms with Crippen molar-refractivity contribution in [2.75, 3.05) is 25.5 Å². The molecule has 1 aromatic carbocycles. The van der Waals surface area contributed by atoms with Crippen molar-refractivity contribution in [2.24, 2.45) is 5.73 Å². The second-order valence-electron chi connectivity index (χ2n) is 5.36. The molecule has 0 saturated carbocycles. The number of carbonyl (C=O) groups is 2. The van der Waals surface area contributed by atoms with Gasteiger partial charge in [-0.25, -0.2) is 4.79 Å². The maximum atomic E-state index is 12.1. The van der Waals surface area contributed by atoms with E-state index in [4.69, 9.17) is 22.1 Å². The van der Waals surface area contributed by atoms with Crippen molar-refractivity contribution in [3.05, 3.63) is 28.8 Å². The zero-order valence-corrected chi connectivity index (χ0v) is 13.2. The monoisotopic (exact) mass is 325 g/mol. The number of halogens is 1. The number of carbonyl (C=O) groups excluding carboxylic acids is 2. The van der Waals surface area contributed by atoms with E-state index < -0.39 is 5.91 Å². The molecule has 1 fully saturated rings. The average Bonchev–Trinajstić information content (AvgIpc) is 2.47. The van der Waals surface area contributed by atoms with Crippen molar-refractivity contribution >= 4 is 29.2 Å². The number of amides is 3. The number of benzene rings is 1. The molecule has 1 aromatic rings. The minimum absolute atomic E-state index is 0.0883. The Morgan fingerprint density at radius 2 is 2.23 bits per heavy atom. The fourth-order valence-corrected chi connectivity index (χ4v) is 2.63. The summed E-state index contributed by atoms with van der Waals surface area (Å²) >= 11 is 5.96. The van der Waals surface area contributed by atoms with Crippen LogP contribution in [0.4, 0.5) is 10.5 Å². The summed E-state index contributed by atoms with van der Waals surface area (Å²) < 4.78 is 5.62. The Kier molecular flexibility index (Phi) is 5.63. The zero-order valence-electron chi connectivity index (χ0n) is 12.5.